The predicted molar refractivity (Wildman–Crippen MR) is 58.8 cm³/mol. The summed E-state index contributed by atoms with van der Waals surface area (Å²) in [7, 11) is 0. The molecule has 1 heterocycles. The molecule has 3 rings (SSSR count). The summed E-state index contributed by atoms with van der Waals surface area (Å²) in [6, 6.07) is 9.69. The van der Waals surface area contributed by atoms with Crippen LogP contribution in [0.3, 0.4) is 0 Å². The highest BCUT2D eigenvalue weighted by atomic mass is 16.1. The Morgan fingerprint density at radius 2 is 2.13 bits per heavy atom. The van der Waals surface area contributed by atoms with Crippen molar-refractivity contribution in [3.05, 3.63) is 42.1 Å². The topological polar surface area (TPSA) is 30.0 Å². The van der Waals surface area contributed by atoms with Crippen molar-refractivity contribution in [2.24, 2.45) is 5.92 Å². The third-order valence-electron chi connectivity index (χ3n) is 2.84. The van der Waals surface area contributed by atoms with Gasteiger partial charge in [0.05, 0.1) is 5.52 Å². The van der Waals surface area contributed by atoms with Crippen LogP contribution < -0.4 is 0 Å². The van der Waals surface area contributed by atoms with Crippen LogP contribution in [0.2, 0.25) is 0 Å². The molecule has 1 fully saturated rings. The molecule has 1 saturated carbocycles. The molecule has 0 N–H and O–H groups in total. The highest BCUT2D eigenvalue weighted by Gasteiger charge is 2.30. The van der Waals surface area contributed by atoms with Gasteiger partial charge in [-0.25, -0.2) is 0 Å². The third-order valence-corrected chi connectivity index (χ3v) is 2.84. The van der Waals surface area contributed by atoms with Gasteiger partial charge in [-0.15, -0.1) is 0 Å². The Morgan fingerprint density at radius 3 is 2.93 bits per heavy atom. The van der Waals surface area contributed by atoms with Crippen molar-refractivity contribution in [3.63, 3.8) is 0 Å². The van der Waals surface area contributed by atoms with Crippen LogP contribution in [-0.4, -0.2) is 10.8 Å². The molecule has 0 spiro atoms. The Labute approximate surface area is 87.9 Å². The van der Waals surface area contributed by atoms with Crippen LogP contribution in [0.15, 0.2) is 36.5 Å². The molecule has 1 aromatic heterocycles. The van der Waals surface area contributed by atoms with Crippen LogP contribution in [0.1, 0.15) is 23.2 Å². The van der Waals surface area contributed by atoms with Gasteiger partial charge in [-0.1, -0.05) is 18.2 Å². The van der Waals surface area contributed by atoms with E-state index in [1.54, 1.807) is 6.20 Å². The van der Waals surface area contributed by atoms with E-state index < -0.39 is 0 Å². The van der Waals surface area contributed by atoms with E-state index in [9.17, 15) is 4.79 Å². The number of aromatic nitrogens is 1. The SMILES string of the molecule is O=C(c1ccc2cccnc2c1)C1CC1. The molecule has 2 aromatic rings. The maximum Gasteiger partial charge on any atom is 0.166 e. The maximum atomic E-state index is 11.8. The molecule has 1 aliphatic carbocycles. The lowest BCUT2D eigenvalue weighted by Crippen LogP contribution is -2.00. The predicted octanol–water partition coefficient (Wildman–Crippen LogP) is 2.83. The number of hydrogen-bond acceptors (Lipinski definition) is 2. The van der Waals surface area contributed by atoms with Crippen molar-refractivity contribution in [2.45, 2.75) is 12.8 Å². The summed E-state index contributed by atoms with van der Waals surface area (Å²) in [5, 5.41) is 1.09. The largest absolute Gasteiger partial charge is 0.294 e. The standard InChI is InChI=1S/C13H11NO/c15-13(10-4-5-10)11-6-3-9-2-1-7-14-12(9)8-11/h1-3,6-8,10H,4-5H2. The number of nitrogens with zero attached hydrogens (tertiary/aromatic N) is 1. The first kappa shape index (κ1) is 8.60. The molecule has 0 bridgehead atoms. The second-order valence-corrected chi connectivity index (χ2v) is 4.05. The van der Waals surface area contributed by atoms with Gasteiger partial charge in [-0.2, -0.15) is 0 Å². The average molecular weight is 197 g/mol. The number of ketones is 1. The van der Waals surface area contributed by atoms with Crippen molar-refractivity contribution < 1.29 is 4.79 Å². The second-order valence-electron chi connectivity index (χ2n) is 4.05. The van der Waals surface area contributed by atoms with Crippen LogP contribution in [0.4, 0.5) is 0 Å². The molecular weight excluding hydrogens is 186 g/mol. The van der Waals surface area contributed by atoms with E-state index in [0.29, 0.717) is 0 Å². The first-order chi connectivity index (χ1) is 7.34. The molecule has 0 amide bonds. The molecule has 1 aromatic carbocycles. The molecule has 0 aliphatic heterocycles. The van der Waals surface area contributed by atoms with Crippen molar-refractivity contribution in [2.75, 3.05) is 0 Å². The lowest BCUT2D eigenvalue weighted by Gasteiger charge is -2.00. The van der Waals surface area contributed by atoms with Crippen molar-refractivity contribution in [3.8, 4) is 0 Å². The fourth-order valence-electron chi connectivity index (χ4n) is 1.80. The van der Waals surface area contributed by atoms with Gasteiger partial charge in [0.2, 0.25) is 0 Å². The second kappa shape index (κ2) is 3.16. The summed E-state index contributed by atoms with van der Waals surface area (Å²) in [6.07, 6.45) is 3.87. The normalized spacial score (nSPS) is 15.5. The number of rotatable bonds is 2. The minimum Gasteiger partial charge on any atom is -0.294 e. The fourth-order valence-corrected chi connectivity index (χ4v) is 1.80. The Bertz CT molecular complexity index is 529. The molecule has 0 radical (unpaired) electrons. The quantitative estimate of drug-likeness (QED) is 0.693. The molecule has 2 nitrogen and oxygen atoms in total. The van der Waals surface area contributed by atoms with E-state index in [-0.39, 0.29) is 11.7 Å². The summed E-state index contributed by atoms with van der Waals surface area (Å²) in [5.41, 5.74) is 1.72. The molecular formula is C13H11NO. The van der Waals surface area contributed by atoms with Gasteiger partial charge >= 0.3 is 0 Å². The monoisotopic (exact) mass is 197 g/mol. The number of Topliss-reactive ketones (excluding diaryl/α,β-unsaturated/α-hetero) is 1. The van der Waals surface area contributed by atoms with Gasteiger partial charge in [-0.05, 0) is 25.0 Å². The van der Waals surface area contributed by atoms with E-state index in [4.69, 9.17) is 0 Å². The van der Waals surface area contributed by atoms with Gasteiger partial charge in [0, 0.05) is 23.1 Å². The van der Waals surface area contributed by atoms with Gasteiger partial charge in [-0.3, -0.25) is 9.78 Å². The van der Waals surface area contributed by atoms with Crippen LogP contribution in [-0.2, 0) is 0 Å². The molecule has 1 aliphatic rings. The van der Waals surface area contributed by atoms with Crippen molar-refractivity contribution in [1.82, 2.24) is 4.98 Å². The zero-order chi connectivity index (χ0) is 10.3. The minimum atomic E-state index is 0.280. The summed E-state index contributed by atoms with van der Waals surface area (Å²) in [6.45, 7) is 0. The Morgan fingerprint density at radius 1 is 1.27 bits per heavy atom. The van der Waals surface area contributed by atoms with E-state index in [1.807, 2.05) is 30.3 Å². The Balaban J connectivity index is 2.09. The zero-order valence-corrected chi connectivity index (χ0v) is 8.31. The first-order valence-electron chi connectivity index (χ1n) is 5.23. The van der Waals surface area contributed by atoms with Gasteiger partial charge in [0.15, 0.2) is 5.78 Å². The van der Waals surface area contributed by atoms with E-state index in [0.717, 1.165) is 29.3 Å². The lowest BCUT2D eigenvalue weighted by molar-refractivity contribution is 0.0968. The van der Waals surface area contributed by atoms with Gasteiger partial charge in [0.25, 0.3) is 0 Å². The third kappa shape index (κ3) is 1.52. The number of carbonyl (C=O) groups excluding carboxylic acids is 1. The fraction of sp³-hybridized carbons (Fsp3) is 0.231. The van der Waals surface area contributed by atoms with Crippen LogP contribution >= 0.6 is 0 Å². The number of pyridine rings is 1. The molecule has 0 unspecified atom stereocenters. The molecule has 15 heavy (non-hydrogen) atoms. The molecule has 2 heteroatoms. The van der Waals surface area contributed by atoms with Crippen LogP contribution in [0.25, 0.3) is 10.9 Å². The van der Waals surface area contributed by atoms with Crippen LogP contribution in [0.5, 0.6) is 0 Å². The number of fused-ring (bicyclic) bond motifs is 1. The number of carbonyl (C=O) groups is 1. The number of hydrogen-bond donors (Lipinski definition) is 0. The first-order valence-corrected chi connectivity index (χ1v) is 5.23. The Kier molecular flexibility index (Phi) is 1.81. The zero-order valence-electron chi connectivity index (χ0n) is 8.31. The van der Waals surface area contributed by atoms with Crippen molar-refractivity contribution in [1.29, 1.82) is 0 Å². The smallest absolute Gasteiger partial charge is 0.166 e. The van der Waals surface area contributed by atoms with Crippen molar-refractivity contribution >= 4 is 16.7 Å². The van der Waals surface area contributed by atoms with E-state index in [2.05, 4.69) is 4.98 Å². The van der Waals surface area contributed by atoms with Crippen LogP contribution in [0, 0.1) is 5.92 Å². The summed E-state index contributed by atoms with van der Waals surface area (Å²) in [5.74, 6) is 0.564. The van der Waals surface area contributed by atoms with Gasteiger partial charge in [0.1, 0.15) is 0 Å². The molecule has 0 atom stereocenters. The Hall–Kier alpha value is -1.70. The summed E-state index contributed by atoms with van der Waals surface area (Å²) < 4.78 is 0. The molecule has 0 saturated heterocycles. The molecule has 74 valence electrons. The highest BCUT2D eigenvalue weighted by Crippen LogP contribution is 2.33. The minimum absolute atomic E-state index is 0.280. The average Bonchev–Trinajstić information content (AvgIpc) is 3.11. The summed E-state index contributed by atoms with van der Waals surface area (Å²) in [4.78, 5) is 16.1. The van der Waals surface area contributed by atoms with Gasteiger partial charge < -0.3 is 0 Å². The van der Waals surface area contributed by atoms with E-state index in [1.165, 1.54) is 0 Å². The highest BCUT2D eigenvalue weighted by molar-refractivity contribution is 6.01. The maximum absolute atomic E-state index is 11.8. The van der Waals surface area contributed by atoms with E-state index >= 15 is 0 Å². The summed E-state index contributed by atoms with van der Waals surface area (Å²) >= 11 is 0. The lowest BCUT2D eigenvalue weighted by atomic mass is 10.1. The number of benzene rings is 1.